The summed E-state index contributed by atoms with van der Waals surface area (Å²) in [6.45, 7) is 0.651. The molecule has 0 radical (unpaired) electrons. The molecule has 6 nitrogen and oxygen atoms in total. The number of rotatable bonds is 3. The molecule has 1 aromatic rings. The molecule has 2 rings (SSSR count). The molecular weight excluding hydrogens is 208 g/mol. The first-order valence-corrected chi connectivity index (χ1v) is 5.21. The number of aromatic nitrogens is 2. The number of carbonyl (C=O) groups excluding carboxylic acids is 2. The van der Waals surface area contributed by atoms with Gasteiger partial charge < -0.3 is 9.88 Å². The number of hydrogen-bond donors (Lipinski definition) is 2. The summed E-state index contributed by atoms with van der Waals surface area (Å²) < 4.78 is 1.82. The van der Waals surface area contributed by atoms with Crippen LogP contribution >= 0.6 is 0 Å². The minimum absolute atomic E-state index is 0.198. The summed E-state index contributed by atoms with van der Waals surface area (Å²) in [6, 6.07) is -0.316. The summed E-state index contributed by atoms with van der Waals surface area (Å²) in [5.74, 6) is -0.442. The van der Waals surface area contributed by atoms with E-state index in [1.165, 1.54) is 0 Å². The van der Waals surface area contributed by atoms with E-state index in [0.29, 0.717) is 19.4 Å². The highest BCUT2D eigenvalue weighted by molar-refractivity contribution is 5.99. The van der Waals surface area contributed by atoms with Crippen molar-refractivity contribution < 1.29 is 9.59 Å². The maximum atomic E-state index is 11.7. The highest BCUT2D eigenvalue weighted by Crippen LogP contribution is 2.20. The molecule has 86 valence electrons. The van der Waals surface area contributed by atoms with E-state index >= 15 is 0 Å². The second kappa shape index (κ2) is 4.44. The topological polar surface area (TPSA) is 76.0 Å². The third-order valence-corrected chi connectivity index (χ3v) is 2.65. The Hall–Kier alpha value is -1.69. The SMILES string of the molecule is CNCc1cncn1C1CCC(=O)NC1=O. The first-order valence-electron chi connectivity index (χ1n) is 5.21. The second-order valence-electron chi connectivity index (χ2n) is 3.79. The normalized spacial score (nSPS) is 20.9. The van der Waals surface area contributed by atoms with Gasteiger partial charge in [0.15, 0.2) is 0 Å². The van der Waals surface area contributed by atoms with E-state index in [2.05, 4.69) is 15.6 Å². The van der Waals surface area contributed by atoms with Gasteiger partial charge in [-0.1, -0.05) is 0 Å². The van der Waals surface area contributed by atoms with E-state index in [1.54, 1.807) is 12.5 Å². The number of piperidine rings is 1. The van der Waals surface area contributed by atoms with E-state index in [4.69, 9.17) is 0 Å². The molecule has 0 spiro atoms. The standard InChI is InChI=1S/C10H14N4O2/c1-11-4-7-5-12-6-14(7)8-2-3-9(15)13-10(8)16/h5-6,8,11H,2-4H2,1H3,(H,13,15,16). The van der Waals surface area contributed by atoms with Crippen LogP contribution in [0, 0.1) is 0 Å². The Labute approximate surface area is 93.0 Å². The zero-order valence-corrected chi connectivity index (χ0v) is 9.06. The van der Waals surface area contributed by atoms with Crippen molar-refractivity contribution in [3.8, 4) is 0 Å². The Morgan fingerprint density at radius 1 is 1.62 bits per heavy atom. The summed E-state index contributed by atoms with van der Waals surface area (Å²) in [4.78, 5) is 26.7. The lowest BCUT2D eigenvalue weighted by Gasteiger charge is -2.23. The number of hydrogen-bond acceptors (Lipinski definition) is 4. The van der Waals surface area contributed by atoms with E-state index < -0.39 is 0 Å². The monoisotopic (exact) mass is 222 g/mol. The van der Waals surface area contributed by atoms with Crippen LogP contribution in [-0.2, 0) is 16.1 Å². The van der Waals surface area contributed by atoms with Crippen LogP contribution in [0.5, 0.6) is 0 Å². The van der Waals surface area contributed by atoms with Crippen LogP contribution in [0.1, 0.15) is 24.6 Å². The molecule has 1 fully saturated rings. The quantitative estimate of drug-likeness (QED) is 0.681. The van der Waals surface area contributed by atoms with Gasteiger partial charge in [-0.05, 0) is 13.5 Å². The van der Waals surface area contributed by atoms with Crippen molar-refractivity contribution in [2.45, 2.75) is 25.4 Å². The Morgan fingerprint density at radius 2 is 2.44 bits per heavy atom. The van der Waals surface area contributed by atoms with Crippen molar-refractivity contribution in [3.05, 3.63) is 18.2 Å². The third-order valence-electron chi connectivity index (χ3n) is 2.65. The summed E-state index contributed by atoms with van der Waals surface area (Å²) in [5, 5.41) is 5.35. The molecule has 2 N–H and O–H groups in total. The summed E-state index contributed by atoms with van der Waals surface area (Å²) in [6.07, 6.45) is 4.28. The van der Waals surface area contributed by atoms with Crippen LogP contribution in [0.25, 0.3) is 0 Å². The van der Waals surface area contributed by atoms with Crippen LogP contribution in [0.15, 0.2) is 12.5 Å². The van der Waals surface area contributed by atoms with Crippen LogP contribution in [0.3, 0.4) is 0 Å². The predicted molar refractivity (Wildman–Crippen MR) is 56.4 cm³/mol. The lowest BCUT2D eigenvalue weighted by Crippen LogP contribution is -2.42. The molecule has 1 aliphatic rings. The van der Waals surface area contributed by atoms with E-state index in [1.807, 2.05) is 11.6 Å². The average Bonchev–Trinajstić information content (AvgIpc) is 2.67. The maximum absolute atomic E-state index is 11.7. The molecule has 1 aromatic heterocycles. The third kappa shape index (κ3) is 1.96. The Bertz CT molecular complexity index is 413. The van der Waals surface area contributed by atoms with Gasteiger partial charge in [0.05, 0.1) is 12.0 Å². The van der Waals surface area contributed by atoms with Crippen molar-refractivity contribution in [2.75, 3.05) is 7.05 Å². The van der Waals surface area contributed by atoms with Gasteiger partial charge in [-0.25, -0.2) is 4.98 Å². The van der Waals surface area contributed by atoms with Crippen molar-refractivity contribution in [2.24, 2.45) is 0 Å². The fraction of sp³-hybridized carbons (Fsp3) is 0.500. The molecule has 0 aliphatic carbocycles. The van der Waals surface area contributed by atoms with Crippen LogP contribution in [0.4, 0.5) is 0 Å². The summed E-state index contributed by atoms with van der Waals surface area (Å²) in [7, 11) is 1.84. The summed E-state index contributed by atoms with van der Waals surface area (Å²) >= 11 is 0. The molecule has 2 amide bonds. The zero-order valence-electron chi connectivity index (χ0n) is 9.06. The van der Waals surface area contributed by atoms with Gasteiger partial charge >= 0.3 is 0 Å². The highest BCUT2D eigenvalue weighted by atomic mass is 16.2. The van der Waals surface area contributed by atoms with Gasteiger partial charge in [-0.3, -0.25) is 14.9 Å². The Morgan fingerprint density at radius 3 is 3.12 bits per heavy atom. The molecule has 2 heterocycles. The van der Waals surface area contributed by atoms with E-state index in [-0.39, 0.29) is 17.9 Å². The Balaban J connectivity index is 2.20. The van der Waals surface area contributed by atoms with Gasteiger partial charge in [0.2, 0.25) is 11.8 Å². The molecule has 16 heavy (non-hydrogen) atoms. The molecule has 0 saturated carbocycles. The van der Waals surface area contributed by atoms with Gasteiger partial charge in [0.25, 0.3) is 0 Å². The number of nitrogens with one attached hydrogen (secondary N) is 2. The lowest BCUT2D eigenvalue weighted by atomic mass is 10.1. The molecule has 0 aromatic carbocycles. The number of amides is 2. The van der Waals surface area contributed by atoms with Gasteiger partial charge in [-0.2, -0.15) is 0 Å². The fourth-order valence-electron chi connectivity index (χ4n) is 1.88. The first kappa shape index (κ1) is 10.8. The van der Waals surface area contributed by atoms with Crippen LogP contribution in [-0.4, -0.2) is 28.4 Å². The minimum Gasteiger partial charge on any atom is -0.321 e. The molecular formula is C10H14N4O2. The number of carbonyl (C=O) groups is 2. The second-order valence-corrected chi connectivity index (χ2v) is 3.79. The zero-order chi connectivity index (χ0) is 11.5. The van der Waals surface area contributed by atoms with Gasteiger partial charge in [-0.15, -0.1) is 0 Å². The first-order chi connectivity index (χ1) is 7.72. The smallest absolute Gasteiger partial charge is 0.249 e. The molecule has 1 aliphatic heterocycles. The van der Waals surface area contributed by atoms with Crippen molar-refractivity contribution in [3.63, 3.8) is 0 Å². The average molecular weight is 222 g/mol. The van der Waals surface area contributed by atoms with Crippen molar-refractivity contribution >= 4 is 11.8 Å². The maximum Gasteiger partial charge on any atom is 0.249 e. The van der Waals surface area contributed by atoms with Crippen LogP contribution < -0.4 is 10.6 Å². The van der Waals surface area contributed by atoms with Crippen molar-refractivity contribution in [1.29, 1.82) is 0 Å². The number of imide groups is 1. The molecule has 1 saturated heterocycles. The van der Waals surface area contributed by atoms with E-state index in [9.17, 15) is 9.59 Å². The van der Waals surface area contributed by atoms with Crippen molar-refractivity contribution in [1.82, 2.24) is 20.2 Å². The van der Waals surface area contributed by atoms with Gasteiger partial charge in [0.1, 0.15) is 6.04 Å². The molecule has 0 bridgehead atoms. The molecule has 6 heteroatoms. The minimum atomic E-state index is -0.316. The molecule has 1 unspecified atom stereocenters. The highest BCUT2D eigenvalue weighted by Gasteiger charge is 2.28. The van der Waals surface area contributed by atoms with E-state index in [0.717, 1.165) is 5.69 Å². The Kier molecular flexibility index (Phi) is 3.00. The largest absolute Gasteiger partial charge is 0.321 e. The predicted octanol–water partition coefficient (Wildman–Crippen LogP) is -0.420. The fourth-order valence-corrected chi connectivity index (χ4v) is 1.88. The number of nitrogens with zero attached hydrogens (tertiary/aromatic N) is 2. The molecule has 1 atom stereocenters. The number of imidazole rings is 1. The lowest BCUT2D eigenvalue weighted by molar-refractivity contribution is -0.135. The summed E-state index contributed by atoms with van der Waals surface area (Å²) in [5.41, 5.74) is 0.942. The van der Waals surface area contributed by atoms with Crippen LogP contribution in [0.2, 0.25) is 0 Å². The van der Waals surface area contributed by atoms with Gasteiger partial charge in [0, 0.05) is 19.2 Å².